The first-order chi connectivity index (χ1) is 9.38. The highest BCUT2D eigenvalue weighted by Gasteiger charge is 2.20. The van der Waals surface area contributed by atoms with Crippen molar-refractivity contribution in [2.24, 2.45) is 0 Å². The summed E-state index contributed by atoms with van der Waals surface area (Å²) in [5.41, 5.74) is 2.44. The maximum Gasteiger partial charge on any atom is 0.111 e. The normalized spacial score (nSPS) is 19.5. The van der Waals surface area contributed by atoms with Crippen molar-refractivity contribution in [2.75, 3.05) is 6.54 Å². The monoisotopic (exact) mass is 272 g/mol. The second kappa shape index (κ2) is 5.85. The van der Waals surface area contributed by atoms with E-state index in [2.05, 4.69) is 42.6 Å². The highest BCUT2D eigenvalue weighted by molar-refractivity contribution is 7.12. The highest BCUT2D eigenvalue weighted by atomic mass is 32.1. The molecule has 0 saturated carbocycles. The molecule has 2 aromatic rings. The predicted octanol–water partition coefficient (Wildman–Crippen LogP) is 4.19. The predicted molar refractivity (Wildman–Crippen MR) is 81.5 cm³/mol. The van der Waals surface area contributed by atoms with Crippen molar-refractivity contribution in [1.29, 1.82) is 0 Å². The average molecular weight is 272 g/mol. The number of rotatable bonds is 3. The first kappa shape index (κ1) is 12.8. The smallest absolute Gasteiger partial charge is 0.111 e. The molecule has 1 N–H and O–H groups in total. The molecule has 1 aliphatic rings. The summed E-state index contributed by atoms with van der Waals surface area (Å²) in [5, 5.41) is 4.87. The fourth-order valence-corrected chi connectivity index (χ4v) is 3.78. The zero-order chi connectivity index (χ0) is 13.1. The summed E-state index contributed by atoms with van der Waals surface area (Å²) in [5.74, 6) is 0. The van der Waals surface area contributed by atoms with Crippen molar-refractivity contribution < 1.29 is 0 Å². The van der Waals surface area contributed by atoms with Gasteiger partial charge in [-0.3, -0.25) is 0 Å². The van der Waals surface area contributed by atoms with Crippen LogP contribution in [-0.4, -0.2) is 11.5 Å². The Kier molecular flexibility index (Phi) is 3.95. The Morgan fingerprint density at radius 1 is 1.26 bits per heavy atom. The van der Waals surface area contributed by atoms with Crippen molar-refractivity contribution in [2.45, 2.75) is 38.6 Å². The Morgan fingerprint density at radius 2 is 2.11 bits per heavy atom. The van der Waals surface area contributed by atoms with Crippen molar-refractivity contribution >= 4 is 11.3 Å². The molecule has 1 aromatic carbocycles. The maximum atomic E-state index is 4.93. The number of hydrogen-bond acceptors (Lipinski definition) is 3. The molecule has 1 aromatic heterocycles. The summed E-state index contributed by atoms with van der Waals surface area (Å²) in [6.07, 6.45) is 4.91. The Hall–Kier alpha value is -1.19. The maximum absolute atomic E-state index is 4.93. The summed E-state index contributed by atoms with van der Waals surface area (Å²) in [6, 6.07) is 11.0. The fraction of sp³-hybridized carbons (Fsp3) is 0.438. The molecular formula is C16H20N2S. The largest absolute Gasteiger partial charge is 0.308 e. The van der Waals surface area contributed by atoms with E-state index in [4.69, 9.17) is 4.98 Å². The SMILES string of the molecule is CCc1sc(C2CCCCN2)nc1-c1ccccc1. The van der Waals surface area contributed by atoms with Crippen LogP contribution in [0.1, 0.15) is 42.1 Å². The molecule has 2 nitrogen and oxygen atoms in total. The van der Waals surface area contributed by atoms with Gasteiger partial charge in [0.05, 0.1) is 11.7 Å². The third kappa shape index (κ3) is 2.72. The number of aryl methyl sites for hydroxylation is 1. The second-order valence-electron chi connectivity index (χ2n) is 5.05. The van der Waals surface area contributed by atoms with E-state index in [0.717, 1.165) is 13.0 Å². The summed E-state index contributed by atoms with van der Waals surface area (Å²) in [6.45, 7) is 3.35. The quantitative estimate of drug-likeness (QED) is 0.906. The van der Waals surface area contributed by atoms with E-state index in [0.29, 0.717) is 6.04 Å². The average Bonchev–Trinajstić information content (AvgIpc) is 2.93. The molecule has 3 heteroatoms. The van der Waals surface area contributed by atoms with Gasteiger partial charge in [-0.15, -0.1) is 11.3 Å². The van der Waals surface area contributed by atoms with Gasteiger partial charge in [-0.05, 0) is 25.8 Å². The number of hydrogen-bond donors (Lipinski definition) is 1. The van der Waals surface area contributed by atoms with E-state index < -0.39 is 0 Å². The van der Waals surface area contributed by atoms with Gasteiger partial charge in [0.25, 0.3) is 0 Å². The zero-order valence-electron chi connectivity index (χ0n) is 11.4. The molecule has 0 radical (unpaired) electrons. The number of thiazole rings is 1. The lowest BCUT2D eigenvalue weighted by molar-refractivity contribution is 0.411. The van der Waals surface area contributed by atoms with Gasteiger partial charge in [0.1, 0.15) is 5.01 Å². The minimum absolute atomic E-state index is 0.474. The molecule has 2 heterocycles. The molecule has 1 aliphatic heterocycles. The van der Waals surface area contributed by atoms with Crippen LogP contribution in [0.3, 0.4) is 0 Å². The number of piperidine rings is 1. The number of aromatic nitrogens is 1. The standard InChI is InChI=1S/C16H20N2S/c1-2-14-15(12-8-4-3-5-9-12)18-16(19-14)13-10-6-7-11-17-13/h3-5,8-9,13,17H,2,6-7,10-11H2,1H3. The van der Waals surface area contributed by atoms with Crippen LogP contribution in [0.5, 0.6) is 0 Å². The fourth-order valence-electron chi connectivity index (χ4n) is 2.64. The lowest BCUT2D eigenvalue weighted by atomic mass is 10.1. The van der Waals surface area contributed by atoms with Gasteiger partial charge in [0, 0.05) is 10.4 Å². The van der Waals surface area contributed by atoms with Gasteiger partial charge in [0.2, 0.25) is 0 Å². The zero-order valence-corrected chi connectivity index (χ0v) is 12.2. The molecule has 0 bridgehead atoms. The molecule has 1 fully saturated rings. The van der Waals surface area contributed by atoms with Crippen LogP contribution in [0.15, 0.2) is 30.3 Å². The molecule has 1 saturated heterocycles. The van der Waals surface area contributed by atoms with E-state index in [1.807, 2.05) is 11.3 Å². The third-order valence-electron chi connectivity index (χ3n) is 3.69. The minimum Gasteiger partial charge on any atom is -0.308 e. The van der Waals surface area contributed by atoms with Crippen LogP contribution in [0.25, 0.3) is 11.3 Å². The lowest BCUT2D eigenvalue weighted by Gasteiger charge is -2.21. The molecule has 1 atom stereocenters. The Bertz CT molecular complexity index is 527. The van der Waals surface area contributed by atoms with Crippen LogP contribution < -0.4 is 5.32 Å². The number of benzene rings is 1. The van der Waals surface area contributed by atoms with Crippen LogP contribution >= 0.6 is 11.3 Å². The molecule has 3 rings (SSSR count). The Morgan fingerprint density at radius 3 is 2.79 bits per heavy atom. The van der Waals surface area contributed by atoms with Crippen molar-refractivity contribution in [3.05, 3.63) is 40.2 Å². The first-order valence-corrected chi connectivity index (χ1v) is 7.98. The number of nitrogens with zero attached hydrogens (tertiary/aromatic N) is 1. The molecular weight excluding hydrogens is 252 g/mol. The van der Waals surface area contributed by atoms with Gasteiger partial charge in [-0.1, -0.05) is 43.7 Å². The lowest BCUT2D eigenvalue weighted by Crippen LogP contribution is -2.26. The van der Waals surface area contributed by atoms with Gasteiger partial charge < -0.3 is 5.32 Å². The summed E-state index contributed by atoms with van der Waals surface area (Å²) >= 11 is 1.89. The van der Waals surface area contributed by atoms with Crippen LogP contribution in [0.4, 0.5) is 0 Å². The van der Waals surface area contributed by atoms with Crippen molar-refractivity contribution in [3.63, 3.8) is 0 Å². The van der Waals surface area contributed by atoms with Crippen LogP contribution in [-0.2, 0) is 6.42 Å². The topological polar surface area (TPSA) is 24.9 Å². The van der Waals surface area contributed by atoms with E-state index in [9.17, 15) is 0 Å². The van der Waals surface area contributed by atoms with Crippen LogP contribution in [0, 0.1) is 0 Å². The molecule has 1 unspecified atom stereocenters. The second-order valence-corrected chi connectivity index (χ2v) is 6.16. The molecule has 0 spiro atoms. The highest BCUT2D eigenvalue weighted by Crippen LogP contribution is 2.34. The molecule has 0 aliphatic carbocycles. The van der Waals surface area contributed by atoms with E-state index >= 15 is 0 Å². The Labute approximate surface area is 118 Å². The van der Waals surface area contributed by atoms with Gasteiger partial charge in [0.15, 0.2) is 0 Å². The van der Waals surface area contributed by atoms with E-state index in [-0.39, 0.29) is 0 Å². The summed E-state index contributed by atoms with van der Waals surface area (Å²) < 4.78 is 0. The Balaban J connectivity index is 1.94. The first-order valence-electron chi connectivity index (χ1n) is 7.17. The van der Waals surface area contributed by atoms with Gasteiger partial charge >= 0.3 is 0 Å². The molecule has 0 amide bonds. The van der Waals surface area contributed by atoms with Gasteiger partial charge in [-0.2, -0.15) is 0 Å². The van der Waals surface area contributed by atoms with E-state index in [1.165, 1.54) is 40.4 Å². The van der Waals surface area contributed by atoms with E-state index in [1.54, 1.807) is 0 Å². The van der Waals surface area contributed by atoms with Crippen LogP contribution in [0.2, 0.25) is 0 Å². The number of nitrogens with one attached hydrogen (secondary N) is 1. The third-order valence-corrected chi connectivity index (χ3v) is 5.00. The van der Waals surface area contributed by atoms with Crippen molar-refractivity contribution in [3.8, 4) is 11.3 Å². The summed E-state index contributed by atoms with van der Waals surface area (Å²) in [4.78, 5) is 6.34. The summed E-state index contributed by atoms with van der Waals surface area (Å²) in [7, 11) is 0. The minimum atomic E-state index is 0.474. The molecule has 19 heavy (non-hydrogen) atoms. The van der Waals surface area contributed by atoms with Gasteiger partial charge in [-0.25, -0.2) is 4.98 Å². The van der Waals surface area contributed by atoms with Crippen molar-refractivity contribution in [1.82, 2.24) is 10.3 Å². The molecule has 100 valence electrons.